The molecule has 2 aliphatic rings. The van der Waals surface area contributed by atoms with Crippen molar-refractivity contribution in [1.29, 1.82) is 0 Å². The molecule has 0 aromatic carbocycles. The van der Waals surface area contributed by atoms with Crippen LogP contribution in [0.1, 0.15) is 19.8 Å². The molecule has 4 nitrogen and oxygen atoms in total. The third kappa shape index (κ3) is 3.25. The molecule has 1 amide bonds. The van der Waals surface area contributed by atoms with Gasteiger partial charge >= 0.3 is 0 Å². The van der Waals surface area contributed by atoms with E-state index in [1.807, 2.05) is 4.90 Å². The van der Waals surface area contributed by atoms with Gasteiger partial charge in [-0.05, 0) is 12.8 Å². The van der Waals surface area contributed by atoms with Gasteiger partial charge in [0.05, 0.1) is 12.0 Å². The van der Waals surface area contributed by atoms with Crippen molar-refractivity contribution in [2.45, 2.75) is 25.9 Å². The van der Waals surface area contributed by atoms with Crippen LogP contribution in [0.25, 0.3) is 0 Å². The summed E-state index contributed by atoms with van der Waals surface area (Å²) < 4.78 is 5.62. The predicted molar refractivity (Wildman–Crippen MR) is 75.0 cm³/mol. The highest BCUT2D eigenvalue weighted by molar-refractivity contribution is 9.09. The Morgan fingerprint density at radius 3 is 2.67 bits per heavy atom. The number of carbonyl (C=O) groups excluding carboxylic acids is 1. The fourth-order valence-electron chi connectivity index (χ4n) is 2.88. The van der Waals surface area contributed by atoms with Gasteiger partial charge in [-0.15, -0.1) is 0 Å². The van der Waals surface area contributed by atoms with Crippen molar-refractivity contribution in [3.05, 3.63) is 0 Å². The Morgan fingerprint density at radius 2 is 2.06 bits per heavy atom. The molecule has 2 unspecified atom stereocenters. The second-order valence-electron chi connectivity index (χ2n) is 5.07. The predicted octanol–water partition coefficient (Wildman–Crippen LogP) is 1.34. The molecule has 18 heavy (non-hydrogen) atoms. The number of halogens is 1. The van der Waals surface area contributed by atoms with Crippen LogP contribution in [0.2, 0.25) is 0 Å². The minimum absolute atomic E-state index is 0.109. The van der Waals surface area contributed by atoms with Crippen molar-refractivity contribution in [3.8, 4) is 0 Å². The molecule has 0 saturated carbocycles. The summed E-state index contributed by atoms with van der Waals surface area (Å²) in [6, 6.07) is 0. The number of alkyl halides is 1. The molecule has 104 valence electrons. The van der Waals surface area contributed by atoms with Gasteiger partial charge in [0.2, 0.25) is 5.91 Å². The Hall–Kier alpha value is -0.130. The average molecular weight is 319 g/mol. The monoisotopic (exact) mass is 318 g/mol. The molecule has 2 aliphatic heterocycles. The fraction of sp³-hybridized carbons (Fsp3) is 0.923. The van der Waals surface area contributed by atoms with Crippen LogP contribution in [0.4, 0.5) is 0 Å². The van der Waals surface area contributed by atoms with Crippen LogP contribution in [0.15, 0.2) is 0 Å². The smallest absolute Gasteiger partial charge is 0.228 e. The lowest BCUT2D eigenvalue weighted by molar-refractivity contribution is -0.139. The van der Waals surface area contributed by atoms with E-state index in [2.05, 4.69) is 27.8 Å². The summed E-state index contributed by atoms with van der Waals surface area (Å²) in [5.41, 5.74) is 0. The molecule has 0 N–H and O–H groups in total. The van der Waals surface area contributed by atoms with Gasteiger partial charge in [-0.3, -0.25) is 9.69 Å². The topological polar surface area (TPSA) is 32.8 Å². The highest BCUT2D eigenvalue weighted by atomic mass is 79.9. The van der Waals surface area contributed by atoms with Gasteiger partial charge < -0.3 is 9.64 Å². The molecule has 2 saturated heterocycles. The van der Waals surface area contributed by atoms with Crippen LogP contribution in [0, 0.1) is 5.92 Å². The van der Waals surface area contributed by atoms with E-state index in [-0.39, 0.29) is 12.0 Å². The second kappa shape index (κ2) is 6.87. The minimum atomic E-state index is 0.109. The molecule has 0 aliphatic carbocycles. The second-order valence-corrected chi connectivity index (χ2v) is 5.86. The van der Waals surface area contributed by atoms with Gasteiger partial charge in [-0.25, -0.2) is 0 Å². The van der Waals surface area contributed by atoms with Gasteiger partial charge in [0, 0.05) is 44.7 Å². The maximum absolute atomic E-state index is 12.5. The van der Waals surface area contributed by atoms with Crippen molar-refractivity contribution < 1.29 is 9.53 Å². The van der Waals surface area contributed by atoms with Gasteiger partial charge in [0.25, 0.3) is 0 Å². The largest absolute Gasteiger partial charge is 0.377 e. The first-order chi connectivity index (χ1) is 8.76. The highest BCUT2D eigenvalue weighted by Gasteiger charge is 2.36. The van der Waals surface area contributed by atoms with Gasteiger partial charge in [0.1, 0.15) is 0 Å². The van der Waals surface area contributed by atoms with E-state index >= 15 is 0 Å². The van der Waals surface area contributed by atoms with Crippen LogP contribution in [0.5, 0.6) is 0 Å². The first-order valence-corrected chi connectivity index (χ1v) is 8.07. The van der Waals surface area contributed by atoms with Crippen molar-refractivity contribution in [2.24, 2.45) is 5.92 Å². The third-order valence-corrected chi connectivity index (χ3v) is 4.37. The number of hydrogen-bond donors (Lipinski definition) is 0. The van der Waals surface area contributed by atoms with Gasteiger partial charge in [0.15, 0.2) is 0 Å². The number of nitrogens with zero attached hydrogens (tertiary/aromatic N) is 2. The van der Waals surface area contributed by atoms with E-state index < -0.39 is 0 Å². The quantitative estimate of drug-likeness (QED) is 0.733. The zero-order valence-corrected chi connectivity index (χ0v) is 12.7. The summed E-state index contributed by atoms with van der Waals surface area (Å²) in [4.78, 5) is 16.9. The number of amides is 1. The molecular weight excluding hydrogens is 296 g/mol. The zero-order chi connectivity index (χ0) is 13.0. The first kappa shape index (κ1) is 14.3. The Bertz CT molecular complexity index is 280. The van der Waals surface area contributed by atoms with Crippen LogP contribution in [-0.4, -0.2) is 66.5 Å². The van der Waals surface area contributed by atoms with Crippen molar-refractivity contribution in [1.82, 2.24) is 9.80 Å². The van der Waals surface area contributed by atoms with E-state index in [1.165, 1.54) is 0 Å². The van der Waals surface area contributed by atoms with Crippen molar-refractivity contribution >= 4 is 21.8 Å². The summed E-state index contributed by atoms with van der Waals surface area (Å²) in [7, 11) is 0. The lowest BCUT2D eigenvalue weighted by Crippen LogP contribution is -2.51. The van der Waals surface area contributed by atoms with E-state index in [4.69, 9.17) is 4.74 Å². The molecule has 0 radical (unpaired) electrons. The number of rotatable bonds is 4. The van der Waals surface area contributed by atoms with Crippen LogP contribution < -0.4 is 0 Å². The molecular formula is C13H23BrN2O2. The number of ether oxygens (including phenoxy) is 1. The summed E-state index contributed by atoms with van der Waals surface area (Å²) in [5.74, 6) is 0.426. The number of hydrogen-bond acceptors (Lipinski definition) is 3. The molecule has 2 rings (SSSR count). The molecule has 2 heterocycles. The minimum Gasteiger partial charge on any atom is -0.377 e. The average Bonchev–Trinajstić information content (AvgIpc) is 2.87. The van der Waals surface area contributed by atoms with Gasteiger partial charge in [-0.2, -0.15) is 0 Å². The maximum Gasteiger partial charge on any atom is 0.228 e. The first-order valence-electron chi connectivity index (χ1n) is 6.95. The molecule has 2 atom stereocenters. The Labute approximate surface area is 118 Å². The van der Waals surface area contributed by atoms with Crippen molar-refractivity contribution in [2.75, 3.05) is 44.7 Å². The highest BCUT2D eigenvalue weighted by Crippen LogP contribution is 2.25. The molecule has 2 fully saturated rings. The van der Waals surface area contributed by atoms with Crippen molar-refractivity contribution in [3.63, 3.8) is 0 Å². The zero-order valence-electron chi connectivity index (χ0n) is 11.1. The number of carbonyl (C=O) groups is 1. The van der Waals surface area contributed by atoms with Crippen LogP contribution in [-0.2, 0) is 9.53 Å². The van der Waals surface area contributed by atoms with E-state index in [1.54, 1.807) is 0 Å². The summed E-state index contributed by atoms with van der Waals surface area (Å²) in [5, 5.41) is 1.01. The van der Waals surface area contributed by atoms with E-state index in [0.717, 1.165) is 57.5 Å². The Morgan fingerprint density at radius 1 is 1.33 bits per heavy atom. The molecule has 5 heteroatoms. The lowest BCUT2D eigenvalue weighted by Gasteiger charge is -2.36. The standard InChI is InChI=1S/C13H23BrN2O2/c1-2-12-11(3-10-18-12)13(17)16-8-6-15(5-4-14)7-9-16/h11-12H,2-10H2,1H3. The van der Waals surface area contributed by atoms with Gasteiger partial charge in [-0.1, -0.05) is 22.9 Å². The normalized spacial score (nSPS) is 29.8. The van der Waals surface area contributed by atoms with Crippen LogP contribution in [0.3, 0.4) is 0 Å². The lowest BCUT2D eigenvalue weighted by atomic mass is 9.97. The fourth-order valence-corrected chi connectivity index (χ4v) is 3.38. The Balaban J connectivity index is 1.83. The Kier molecular flexibility index (Phi) is 5.45. The third-order valence-electron chi connectivity index (χ3n) is 4.01. The summed E-state index contributed by atoms with van der Waals surface area (Å²) in [6.45, 7) is 7.68. The summed E-state index contributed by atoms with van der Waals surface area (Å²) in [6.07, 6.45) is 2.00. The SMILES string of the molecule is CCC1OCCC1C(=O)N1CCN(CCBr)CC1. The summed E-state index contributed by atoms with van der Waals surface area (Å²) >= 11 is 3.46. The molecule has 0 aromatic rings. The van der Waals surface area contributed by atoms with Crippen LogP contribution >= 0.6 is 15.9 Å². The van der Waals surface area contributed by atoms with E-state index in [9.17, 15) is 4.79 Å². The molecule has 0 aromatic heterocycles. The maximum atomic E-state index is 12.5. The number of piperazine rings is 1. The van der Waals surface area contributed by atoms with E-state index in [0.29, 0.717) is 5.91 Å². The molecule has 0 bridgehead atoms. The molecule has 0 spiro atoms.